The standard InChI is InChI=1S/C14H13N5OS/c20-12(16-14-18-17-13(21-14)9-4-5-9)8-10-2-1-3-11-15-6-7-19(10)11/h1-3,6-7,9H,4-5,8H2,(H,16,18,20). The molecular formula is C14H13N5OS. The number of pyridine rings is 1. The summed E-state index contributed by atoms with van der Waals surface area (Å²) in [6.45, 7) is 0. The van der Waals surface area contributed by atoms with Crippen LogP contribution in [0, 0.1) is 0 Å². The molecule has 0 atom stereocenters. The average Bonchev–Trinajstić information content (AvgIpc) is 3.02. The number of carbonyl (C=O) groups excluding carboxylic acids is 1. The maximum atomic E-state index is 12.1. The number of imidazole rings is 1. The van der Waals surface area contributed by atoms with Crippen LogP contribution in [0.25, 0.3) is 5.65 Å². The molecule has 4 rings (SSSR count). The van der Waals surface area contributed by atoms with Crippen molar-refractivity contribution < 1.29 is 4.79 Å². The average molecular weight is 299 g/mol. The Morgan fingerprint density at radius 3 is 3.14 bits per heavy atom. The van der Waals surface area contributed by atoms with Crippen molar-refractivity contribution in [1.29, 1.82) is 0 Å². The van der Waals surface area contributed by atoms with Gasteiger partial charge in [-0.25, -0.2) is 4.98 Å². The lowest BCUT2D eigenvalue weighted by Gasteiger charge is -2.04. The summed E-state index contributed by atoms with van der Waals surface area (Å²) in [5.41, 5.74) is 1.74. The van der Waals surface area contributed by atoms with Gasteiger partial charge in [-0.3, -0.25) is 4.79 Å². The molecule has 6 nitrogen and oxygen atoms in total. The van der Waals surface area contributed by atoms with Crippen LogP contribution in [0.5, 0.6) is 0 Å². The van der Waals surface area contributed by atoms with Gasteiger partial charge in [0, 0.05) is 24.0 Å². The molecule has 3 aromatic heterocycles. The van der Waals surface area contributed by atoms with E-state index in [9.17, 15) is 4.79 Å². The Morgan fingerprint density at radius 1 is 1.38 bits per heavy atom. The summed E-state index contributed by atoms with van der Waals surface area (Å²) in [5, 5.41) is 12.6. The van der Waals surface area contributed by atoms with E-state index >= 15 is 0 Å². The second kappa shape index (κ2) is 4.92. The van der Waals surface area contributed by atoms with Crippen molar-refractivity contribution in [3.63, 3.8) is 0 Å². The fourth-order valence-electron chi connectivity index (χ4n) is 2.26. The summed E-state index contributed by atoms with van der Waals surface area (Å²) < 4.78 is 1.91. The van der Waals surface area contributed by atoms with Crippen LogP contribution in [0.2, 0.25) is 0 Å². The number of carbonyl (C=O) groups is 1. The van der Waals surface area contributed by atoms with Crippen molar-refractivity contribution >= 4 is 28.0 Å². The van der Waals surface area contributed by atoms with Crippen LogP contribution in [0.4, 0.5) is 5.13 Å². The number of nitrogens with one attached hydrogen (secondary N) is 1. The summed E-state index contributed by atoms with van der Waals surface area (Å²) in [7, 11) is 0. The number of hydrogen-bond acceptors (Lipinski definition) is 5. The van der Waals surface area contributed by atoms with Crippen LogP contribution >= 0.6 is 11.3 Å². The van der Waals surface area contributed by atoms with E-state index in [1.807, 2.05) is 28.8 Å². The van der Waals surface area contributed by atoms with Gasteiger partial charge in [0.05, 0.1) is 6.42 Å². The van der Waals surface area contributed by atoms with Crippen LogP contribution in [0.1, 0.15) is 29.5 Å². The van der Waals surface area contributed by atoms with Crippen molar-refractivity contribution in [2.24, 2.45) is 0 Å². The van der Waals surface area contributed by atoms with Gasteiger partial charge in [-0.05, 0) is 25.0 Å². The van der Waals surface area contributed by atoms with Gasteiger partial charge in [0.25, 0.3) is 0 Å². The Hall–Kier alpha value is -2.28. The number of aromatic nitrogens is 4. The van der Waals surface area contributed by atoms with Gasteiger partial charge in [-0.2, -0.15) is 0 Å². The minimum absolute atomic E-state index is 0.0882. The molecule has 1 aliphatic carbocycles. The molecule has 7 heteroatoms. The van der Waals surface area contributed by atoms with E-state index < -0.39 is 0 Å². The zero-order chi connectivity index (χ0) is 14.2. The molecule has 0 bridgehead atoms. The molecule has 106 valence electrons. The lowest BCUT2D eigenvalue weighted by molar-refractivity contribution is -0.115. The second-order valence-electron chi connectivity index (χ2n) is 5.12. The molecule has 1 N–H and O–H groups in total. The molecule has 0 radical (unpaired) electrons. The topological polar surface area (TPSA) is 72.2 Å². The zero-order valence-corrected chi connectivity index (χ0v) is 12.0. The molecule has 0 spiro atoms. The monoisotopic (exact) mass is 299 g/mol. The van der Waals surface area contributed by atoms with Crippen LogP contribution in [0.3, 0.4) is 0 Å². The van der Waals surface area contributed by atoms with Gasteiger partial charge in [0.1, 0.15) is 10.7 Å². The van der Waals surface area contributed by atoms with E-state index in [1.54, 1.807) is 6.20 Å². The van der Waals surface area contributed by atoms with Crippen LogP contribution < -0.4 is 5.32 Å². The summed E-state index contributed by atoms with van der Waals surface area (Å²) in [4.78, 5) is 16.3. The third-order valence-electron chi connectivity index (χ3n) is 3.47. The normalized spacial score (nSPS) is 14.5. The van der Waals surface area contributed by atoms with E-state index in [2.05, 4.69) is 20.5 Å². The number of rotatable bonds is 4. The number of amides is 1. The van der Waals surface area contributed by atoms with Gasteiger partial charge in [-0.1, -0.05) is 17.4 Å². The number of anilines is 1. The summed E-state index contributed by atoms with van der Waals surface area (Å²) in [5.74, 6) is 0.475. The fraction of sp³-hybridized carbons (Fsp3) is 0.286. The Bertz CT molecular complexity index is 804. The third kappa shape index (κ3) is 2.52. The van der Waals surface area contributed by atoms with E-state index in [4.69, 9.17) is 0 Å². The van der Waals surface area contributed by atoms with Crippen molar-refractivity contribution in [3.05, 3.63) is 41.3 Å². The molecular weight excluding hydrogens is 286 g/mol. The van der Waals surface area contributed by atoms with E-state index in [0.29, 0.717) is 11.0 Å². The van der Waals surface area contributed by atoms with Gasteiger partial charge >= 0.3 is 0 Å². The minimum atomic E-state index is -0.0882. The Labute approximate surface area is 124 Å². The van der Waals surface area contributed by atoms with Gasteiger partial charge in [0.2, 0.25) is 11.0 Å². The van der Waals surface area contributed by atoms with Crippen molar-refractivity contribution in [1.82, 2.24) is 19.6 Å². The minimum Gasteiger partial charge on any atom is -0.304 e. The van der Waals surface area contributed by atoms with Gasteiger partial charge in [-0.15, -0.1) is 10.2 Å². The Morgan fingerprint density at radius 2 is 2.29 bits per heavy atom. The summed E-state index contributed by atoms with van der Waals surface area (Å²) in [6, 6.07) is 5.74. The first-order valence-corrected chi connectivity index (χ1v) is 7.65. The molecule has 21 heavy (non-hydrogen) atoms. The quantitative estimate of drug-likeness (QED) is 0.802. The zero-order valence-electron chi connectivity index (χ0n) is 11.2. The Kier molecular flexibility index (Phi) is 2.92. The maximum Gasteiger partial charge on any atom is 0.232 e. The van der Waals surface area contributed by atoms with Crippen molar-refractivity contribution in [2.45, 2.75) is 25.2 Å². The molecule has 1 saturated carbocycles. The molecule has 3 heterocycles. The predicted molar refractivity (Wildman–Crippen MR) is 79.4 cm³/mol. The molecule has 0 aromatic carbocycles. The largest absolute Gasteiger partial charge is 0.304 e. The van der Waals surface area contributed by atoms with Gasteiger partial charge < -0.3 is 9.72 Å². The fourth-order valence-corrected chi connectivity index (χ4v) is 3.19. The predicted octanol–water partition coefficient (Wildman–Crippen LogP) is 2.24. The smallest absolute Gasteiger partial charge is 0.232 e. The van der Waals surface area contributed by atoms with E-state index in [-0.39, 0.29) is 12.3 Å². The summed E-state index contributed by atoms with van der Waals surface area (Å²) in [6.07, 6.45) is 6.24. The SMILES string of the molecule is O=C(Cc1cccc2nccn12)Nc1nnc(C2CC2)s1. The summed E-state index contributed by atoms with van der Waals surface area (Å²) >= 11 is 1.47. The molecule has 0 unspecified atom stereocenters. The first-order chi connectivity index (χ1) is 10.3. The van der Waals surface area contributed by atoms with Crippen molar-refractivity contribution in [2.75, 3.05) is 5.32 Å². The number of fused-ring (bicyclic) bond motifs is 1. The lowest BCUT2D eigenvalue weighted by Crippen LogP contribution is -2.16. The number of nitrogens with zero attached hydrogens (tertiary/aromatic N) is 4. The Balaban J connectivity index is 1.48. The van der Waals surface area contributed by atoms with Crippen LogP contribution in [-0.4, -0.2) is 25.5 Å². The molecule has 1 amide bonds. The molecule has 3 aromatic rings. The van der Waals surface area contributed by atoms with E-state index in [1.165, 1.54) is 24.2 Å². The highest BCUT2D eigenvalue weighted by molar-refractivity contribution is 7.15. The first-order valence-electron chi connectivity index (χ1n) is 6.84. The van der Waals surface area contributed by atoms with Crippen LogP contribution in [0.15, 0.2) is 30.6 Å². The third-order valence-corrected chi connectivity index (χ3v) is 4.47. The van der Waals surface area contributed by atoms with E-state index in [0.717, 1.165) is 16.3 Å². The first kappa shape index (κ1) is 12.5. The lowest BCUT2D eigenvalue weighted by atomic mass is 10.2. The highest BCUT2D eigenvalue weighted by atomic mass is 32.1. The van der Waals surface area contributed by atoms with Crippen LogP contribution in [-0.2, 0) is 11.2 Å². The second-order valence-corrected chi connectivity index (χ2v) is 6.13. The van der Waals surface area contributed by atoms with Gasteiger partial charge in [0.15, 0.2) is 0 Å². The molecule has 0 aliphatic heterocycles. The molecule has 0 saturated heterocycles. The molecule has 1 fully saturated rings. The maximum absolute atomic E-state index is 12.1. The highest BCUT2D eigenvalue weighted by Crippen LogP contribution is 2.42. The number of hydrogen-bond donors (Lipinski definition) is 1. The van der Waals surface area contributed by atoms with Crippen molar-refractivity contribution in [3.8, 4) is 0 Å². The highest BCUT2D eigenvalue weighted by Gasteiger charge is 2.27. The molecule has 1 aliphatic rings.